The molecule has 0 aliphatic carbocycles. The average Bonchev–Trinajstić information content (AvgIpc) is 2.40. The maximum Gasteiger partial charge on any atom is 0.119 e. The highest BCUT2D eigenvalue weighted by atomic mass is 16.3. The maximum atomic E-state index is 10.8. The van der Waals surface area contributed by atoms with Crippen molar-refractivity contribution in [3.05, 3.63) is 71.8 Å². The van der Waals surface area contributed by atoms with Crippen molar-refractivity contribution in [3.8, 4) is 0 Å². The molecule has 2 heteroatoms. The fourth-order valence-electron chi connectivity index (χ4n) is 2.12. The molecular weight excluding hydrogens is 224 g/mol. The molecule has 94 valence electrons. The lowest BCUT2D eigenvalue weighted by Gasteiger charge is -2.31. The Balaban J connectivity index is 2.34. The van der Waals surface area contributed by atoms with Crippen LogP contribution in [0.15, 0.2) is 60.7 Å². The van der Waals surface area contributed by atoms with Gasteiger partial charge in [0.15, 0.2) is 0 Å². The van der Waals surface area contributed by atoms with Gasteiger partial charge in [-0.3, -0.25) is 0 Å². The van der Waals surface area contributed by atoms with Crippen molar-refractivity contribution in [1.29, 1.82) is 0 Å². The highest BCUT2D eigenvalue weighted by molar-refractivity contribution is 5.28. The Labute approximate surface area is 108 Å². The lowest BCUT2D eigenvalue weighted by Crippen LogP contribution is -2.39. The molecule has 0 bridgehead atoms. The van der Waals surface area contributed by atoms with Crippen LogP contribution in [0.4, 0.5) is 0 Å². The van der Waals surface area contributed by atoms with Crippen LogP contribution < -0.4 is 0 Å². The second-order valence-corrected chi connectivity index (χ2v) is 4.63. The lowest BCUT2D eigenvalue weighted by molar-refractivity contribution is -0.0712. The van der Waals surface area contributed by atoms with Gasteiger partial charge in [0.2, 0.25) is 0 Å². The Morgan fingerprint density at radius 2 is 1.44 bits per heavy atom. The Bertz CT molecular complexity index is 479. The van der Waals surface area contributed by atoms with Gasteiger partial charge in [-0.25, -0.2) is 0 Å². The zero-order valence-electron chi connectivity index (χ0n) is 10.5. The highest BCUT2D eigenvalue weighted by Crippen LogP contribution is 2.29. The molecular formula is C16H18O2. The largest absolute Gasteiger partial charge is 0.390 e. The molecule has 0 unspecified atom stereocenters. The molecule has 0 saturated heterocycles. The molecule has 2 N–H and O–H groups in total. The van der Waals surface area contributed by atoms with Gasteiger partial charge in [0, 0.05) is 6.42 Å². The van der Waals surface area contributed by atoms with Crippen LogP contribution in [0.25, 0.3) is 0 Å². The number of benzene rings is 2. The summed E-state index contributed by atoms with van der Waals surface area (Å²) in [4.78, 5) is 0. The summed E-state index contributed by atoms with van der Waals surface area (Å²) in [6.07, 6.45) is -0.435. The van der Waals surface area contributed by atoms with Crippen LogP contribution in [-0.4, -0.2) is 16.3 Å². The molecule has 0 aromatic heterocycles. The zero-order chi connectivity index (χ0) is 13.0. The van der Waals surface area contributed by atoms with E-state index in [0.29, 0.717) is 6.42 Å². The molecule has 0 aliphatic rings. The van der Waals surface area contributed by atoms with E-state index in [-0.39, 0.29) is 0 Å². The van der Waals surface area contributed by atoms with E-state index >= 15 is 0 Å². The van der Waals surface area contributed by atoms with Gasteiger partial charge in [-0.2, -0.15) is 0 Å². The summed E-state index contributed by atoms with van der Waals surface area (Å²) in [5.41, 5.74) is 0.497. The summed E-state index contributed by atoms with van der Waals surface area (Å²) < 4.78 is 0. The van der Waals surface area contributed by atoms with E-state index < -0.39 is 11.7 Å². The Kier molecular flexibility index (Phi) is 3.80. The smallest absolute Gasteiger partial charge is 0.119 e. The number of hydrogen-bond donors (Lipinski definition) is 2. The summed E-state index contributed by atoms with van der Waals surface area (Å²) in [6.45, 7) is 1.62. The van der Waals surface area contributed by atoms with Crippen molar-refractivity contribution in [3.63, 3.8) is 0 Å². The van der Waals surface area contributed by atoms with Gasteiger partial charge in [-0.05, 0) is 18.1 Å². The standard InChI is InChI=1S/C16H18O2/c1-13(17)16(18,15-10-6-3-7-11-15)12-14-8-4-2-5-9-14/h2-11,13,17-18H,12H2,1H3/t13-,16+/m0/s1. The molecule has 0 amide bonds. The first kappa shape index (κ1) is 12.8. The molecule has 0 spiro atoms. The summed E-state index contributed by atoms with van der Waals surface area (Å²) >= 11 is 0. The number of aliphatic hydroxyl groups is 2. The van der Waals surface area contributed by atoms with Crippen molar-refractivity contribution in [2.75, 3.05) is 0 Å². The van der Waals surface area contributed by atoms with E-state index in [0.717, 1.165) is 11.1 Å². The second-order valence-electron chi connectivity index (χ2n) is 4.63. The number of hydrogen-bond acceptors (Lipinski definition) is 2. The number of rotatable bonds is 4. The third kappa shape index (κ3) is 2.61. The summed E-state index contributed by atoms with van der Waals surface area (Å²) in [7, 11) is 0. The molecule has 2 aromatic rings. The predicted molar refractivity (Wildman–Crippen MR) is 72.2 cm³/mol. The van der Waals surface area contributed by atoms with Crippen LogP contribution in [-0.2, 0) is 12.0 Å². The molecule has 0 fully saturated rings. The predicted octanol–water partition coefficient (Wildman–Crippen LogP) is 2.50. The third-order valence-electron chi connectivity index (χ3n) is 3.28. The van der Waals surface area contributed by atoms with Crippen molar-refractivity contribution in [1.82, 2.24) is 0 Å². The van der Waals surface area contributed by atoms with Gasteiger partial charge in [-0.15, -0.1) is 0 Å². The fourth-order valence-corrected chi connectivity index (χ4v) is 2.12. The Hall–Kier alpha value is -1.64. The third-order valence-corrected chi connectivity index (χ3v) is 3.28. The van der Waals surface area contributed by atoms with Crippen molar-refractivity contribution < 1.29 is 10.2 Å². The molecule has 0 saturated carbocycles. The summed E-state index contributed by atoms with van der Waals surface area (Å²) in [6, 6.07) is 19.0. The van der Waals surface area contributed by atoms with Crippen LogP contribution in [0.3, 0.4) is 0 Å². The normalized spacial score (nSPS) is 15.9. The molecule has 2 nitrogen and oxygen atoms in total. The van der Waals surface area contributed by atoms with Crippen LogP contribution in [0, 0.1) is 0 Å². The quantitative estimate of drug-likeness (QED) is 0.864. The van der Waals surface area contributed by atoms with Gasteiger partial charge >= 0.3 is 0 Å². The Morgan fingerprint density at radius 3 is 1.94 bits per heavy atom. The van der Waals surface area contributed by atoms with Crippen LogP contribution in [0.5, 0.6) is 0 Å². The summed E-state index contributed by atoms with van der Waals surface area (Å²) in [5, 5.41) is 20.7. The van der Waals surface area contributed by atoms with Crippen LogP contribution in [0.2, 0.25) is 0 Å². The molecule has 2 atom stereocenters. The lowest BCUT2D eigenvalue weighted by atomic mass is 9.83. The van der Waals surface area contributed by atoms with E-state index in [1.54, 1.807) is 6.92 Å². The van der Waals surface area contributed by atoms with Gasteiger partial charge in [-0.1, -0.05) is 60.7 Å². The first-order valence-corrected chi connectivity index (χ1v) is 6.13. The second kappa shape index (κ2) is 5.34. The fraction of sp³-hybridized carbons (Fsp3) is 0.250. The highest BCUT2D eigenvalue weighted by Gasteiger charge is 2.34. The van der Waals surface area contributed by atoms with Crippen molar-refractivity contribution in [2.24, 2.45) is 0 Å². The van der Waals surface area contributed by atoms with Gasteiger partial charge in [0.05, 0.1) is 6.10 Å². The topological polar surface area (TPSA) is 40.5 Å². The van der Waals surface area contributed by atoms with E-state index in [9.17, 15) is 10.2 Å². The maximum absolute atomic E-state index is 10.8. The van der Waals surface area contributed by atoms with E-state index in [2.05, 4.69) is 0 Å². The minimum atomic E-state index is -1.25. The summed E-state index contributed by atoms with van der Waals surface area (Å²) in [5.74, 6) is 0. The molecule has 18 heavy (non-hydrogen) atoms. The first-order valence-electron chi connectivity index (χ1n) is 6.13. The van der Waals surface area contributed by atoms with Gasteiger partial charge in [0.25, 0.3) is 0 Å². The molecule has 0 heterocycles. The van der Waals surface area contributed by atoms with Crippen LogP contribution in [0.1, 0.15) is 18.1 Å². The Morgan fingerprint density at radius 1 is 0.944 bits per heavy atom. The minimum Gasteiger partial charge on any atom is -0.390 e. The minimum absolute atomic E-state index is 0.398. The first-order chi connectivity index (χ1) is 8.63. The molecule has 2 aromatic carbocycles. The van der Waals surface area contributed by atoms with Gasteiger partial charge < -0.3 is 10.2 Å². The zero-order valence-corrected chi connectivity index (χ0v) is 10.5. The number of aliphatic hydroxyl groups excluding tert-OH is 1. The SMILES string of the molecule is C[C@H](O)[C@](O)(Cc1ccccc1)c1ccccc1. The van der Waals surface area contributed by atoms with Crippen molar-refractivity contribution in [2.45, 2.75) is 25.0 Å². The monoisotopic (exact) mass is 242 g/mol. The van der Waals surface area contributed by atoms with E-state index in [1.807, 2.05) is 60.7 Å². The van der Waals surface area contributed by atoms with Crippen LogP contribution >= 0.6 is 0 Å². The average molecular weight is 242 g/mol. The van der Waals surface area contributed by atoms with E-state index in [4.69, 9.17) is 0 Å². The van der Waals surface area contributed by atoms with E-state index in [1.165, 1.54) is 0 Å². The molecule has 0 radical (unpaired) electrons. The van der Waals surface area contributed by atoms with Gasteiger partial charge in [0.1, 0.15) is 5.60 Å². The molecule has 0 aliphatic heterocycles. The van der Waals surface area contributed by atoms with Crippen molar-refractivity contribution >= 4 is 0 Å². The molecule has 2 rings (SSSR count).